The third-order valence-corrected chi connectivity index (χ3v) is 5.20. The van der Waals surface area contributed by atoms with E-state index in [-0.39, 0.29) is 12.3 Å². The van der Waals surface area contributed by atoms with Crippen LogP contribution in [0.1, 0.15) is 49.1 Å². The van der Waals surface area contributed by atoms with Gasteiger partial charge in [-0.05, 0) is 54.4 Å². The molecule has 1 amide bonds. The molecule has 0 bridgehead atoms. The monoisotopic (exact) mass is 381 g/mol. The second kappa shape index (κ2) is 9.93. The van der Waals surface area contributed by atoms with Crippen LogP contribution in [0.2, 0.25) is 0 Å². The van der Waals surface area contributed by atoms with Crippen molar-refractivity contribution in [2.45, 2.75) is 44.6 Å². The van der Waals surface area contributed by atoms with Gasteiger partial charge in [0, 0.05) is 19.4 Å². The smallest absolute Gasteiger partial charge is 0.303 e. The van der Waals surface area contributed by atoms with E-state index in [9.17, 15) is 9.59 Å². The fourth-order valence-corrected chi connectivity index (χ4v) is 3.55. The number of ether oxygens (including phenoxy) is 1. The van der Waals surface area contributed by atoms with Crippen molar-refractivity contribution in [1.29, 1.82) is 0 Å². The minimum absolute atomic E-state index is 0.102. The second-order valence-corrected chi connectivity index (χ2v) is 7.42. The molecular formula is C23H27NO4. The molecule has 2 aromatic rings. The van der Waals surface area contributed by atoms with Crippen LogP contribution in [0.25, 0.3) is 0 Å². The lowest BCUT2D eigenvalue weighted by Crippen LogP contribution is -2.30. The standard InChI is InChI=1S/C23H27NO4/c25-22(15-18-13-20(14-18)19-5-2-1-3-6-19)24-16-17-8-10-21(11-9-17)28-12-4-7-23(26)27/h1-3,5-6,8-11,18,20H,4,7,12-16H2,(H,24,25)(H,26,27). The average molecular weight is 381 g/mol. The highest BCUT2D eigenvalue weighted by Crippen LogP contribution is 2.43. The van der Waals surface area contributed by atoms with Crippen LogP contribution in [0.5, 0.6) is 5.75 Å². The molecule has 1 aliphatic rings. The predicted octanol–water partition coefficient (Wildman–Crippen LogP) is 4.13. The van der Waals surface area contributed by atoms with Gasteiger partial charge in [0.1, 0.15) is 5.75 Å². The Hall–Kier alpha value is -2.82. The summed E-state index contributed by atoms with van der Waals surface area (Å²) in [6.45, 7) is 0.890. The van der Waals surface area contributed by atoms with Gasteiger partial charge in [0.25, 0.3) is 0 Å². The summed E-state index contributed by atoms with van der Waals surface area (Å²) in [4.78, 5) is 22.6. The van der Waals surface area contributed by atoms with E-state index in [4.69, 9.17) is 9.84 Å². The van der Waals surface area contributed by atoms with E-state index in [1.54, 1.807) is 0 Å². The first-order valence-electron chi connectivity index (χ1n) is 9.85. The molecule has 3 rings (SSSR count). The Morgan fingerprint density at radius 2 is 1.75 bits per heavy atom. The average Bonchev–Trinajstić information content (AvgIpc) is 2.67. The fraction of sp³-hybridized carbons (Fsp3) is 0.391. The molecule has 1 aliphatic carbocycles. The first-order chi connectivity index (χ1) is 13.6. The molecule has 28 heavy (non-hydrogen) atoms. The number of carbonyl (C=O) groups is 2. The molecule has 1 saturated carbocycles. The Kier molecular flexibility index (Phi) is 7.06. The van der Waals surface area contributed by atoms with Gasteiger partial charge >= 0.3 is 5.97 Å². The maximum absolute atomic E-state index is 12.2. The molecule has 0 aromatic heterocycles. The van der Waals surface area contributed by atoms with Gasteiger partial charge in [0.2, 0.25) is 5.91 Å². The van der Waals surface area contributed by atoms with E-state index in [1.807, 2.05) is 30.3 Å². The van der Waals surface area contributed by atoms with Crippen LogP contribution in [-0.2, 0) is 16.1 Å². The number of hydrogen-bond acceptors (Lipinski definition) is 3. The molecule has 0 heterocycles. The lowest BCUT2D eigenvalue weighted by atomic mass is 9.70. The third-order valence-electron chi connectivity index (χ3n) is 5.20. The number of carbonyl (C=O) groups excluding carboxylic acids is 1. The number of benzene rings is 2. The first kappa shape index (κ1) is 19.9. The molecule has 0 saturated heterocycles. The van der Waals surface area contributed by atoms with Crippen LogP contribution in [0, 0.1) is 5.92 Å². The summed E-state index contributed by atoms with van der Waals surface area (Å²) in [6, 6.07) is 18.0. The van der Waals surface area contributed by atoms with Gasteiger partial charge in [0.15, 0.2) is 0 Å². The van der Waals surface area contributed by atoms with E-state index < -0.39 is 5.97 Å². The van der Waals surface area contributed by atoms with Crippen LogP contribution in [0.4, 0.5) is 0 Å². The molecule has 0 aliphatic heterocycles. The Morgan fingerprint density at radius 3 is 2.43 bits per heavy atom. The molecule has 0 atom stereocenters. The number of rotatable bonds is 10. The lowest BCUT2D eigenvalue weighted by Gasteiger charge is -2.35. The number of hydrogen-bond donors (Lipinski definition) is 2. The predicted molar refractivity (Wildman–Crippen MR) is 107 cm³/mol. The van der Waals surface area contributed by atoms with Gasteiger partial charge in [-0.25, -0.2) is 0 Å². The van der Waals surface area contributed by atoms with Crippen molar-refractivity contribution < 1.29 is 19.4 Å². The van der Waals surface area contributed by atoms with Crippen molar-refractivity contribution in [3.8, 4) is 5.75 Å². The first-order valence-corrected chi connectivity index (χ1v) is 9.85. The summed E-state index contributed by atoms with van der Waals surface area (Å²) in [5.41, 5.74) is 2.39. The van der Waals surface area contributed by atoms with Crippen molar-refractivity contribution in [3.63, 3.8) is 0 Å². The molecule has 2 aromatic carbocycles. The van der Waals surface area contributed by atoms with Crippen LogP contribution in [0.15, 0.2) is 54.6 Å². The molecule has 148 valence electrons. The molecule has 2 N–H and O–H groups in total. The number of carboxylic acid groups (broad SMARTS) is 1. The van der Waals surface area contributed by atoms with Crippen molar-refractivity contribution in [3.05, 3.63) is 65.7 Å². The van der Waals surface area contributed by atoms with E-state index in [0.717, 1.165) is 18.4 Å². The zero-order chi connectivity index (χ0) is 19.8. The SMILES string of the molecule is O=C(O)CCCOc1ccc(CNC(=O)CC2CC(c3ccccc3)C2)cc1. The van der Waals surface area contributed by atoms with Crippen LogP contribution >= 0.6 is 0 Å². The third kappa shape index (κ3) is 6.12. The van der Waals surface area contributed by atoms with Crippen LogP contribution in [-0.4, -0.2) is 23.6 Å². The summed E-state index contributed by atoms with van der Waals surface area (Å²) < 4.78 is 5.51. The Bertz CT molecular complexity index is 767. The lowest BCUT2D eigenvalue weighted by molar-refractivity contribution is -0.137. The summed E-state index contributed by atoms with van der Waals surface area (Å²) in [5.74, 6) is 1.08. The van der Waals surface area contributed by atoms with Crippen molar-refractivity contribution in [2.75, 3.05) is 6.61 Å². The summed E-state index contributed by atoms with van der Waals surface area (Å²) in [7, 11) is 0. The van der Waals surface area contributed by atoms with Crippen molar-refractivity contribution in [1.82, 2.24) is 5.32 Å². The van der Waals surface area contributed by atoms with Gasteiger partial charge in [-0.1, -0.05) is 42.5 Å². The quantitative estimate of drug-likeness (QED) is 0.607. The fourth-order valence-electron chi connectivity index (χ4n) is 3.55. The van der Waals surface area contributed by atoms with Crippen molar-refractivity contribution in [2.24, 2.45) is 5.92 Å². The molecular weight excluding hydrogens is 354 g/mol. The van der Waals surface area contributed by atoms with E-state index in [2.05, 4.69) is 29.6 Å². The van der Waals surface area contributed by atoms with Crippen LogP contribution in [0.3, 0.4) is 0 Å². The molecule has 0 radical (unpaired) electrons. The highest BCUT2D eigenvalue weighted by atomic mass is 16.5. The summed E-state index contributed by atoms with van der Waals surface area (Å²) in [5, 5.41) is 11.6. The minimum Gasteiger partial charge on any atom is -0.494 e. The molecule has 0 spiro atoms. The zero-order valence-electron chi connectivity index (χ0n) is 16.0. The van der Waals surface area contributed by atoms with Gasteiger partial charge in [-0.15, -0.1) is 0 Å². The highest BCUT2D eigenvalue weighted by molar-refractivity contribution is 5.76. The zero-order valence-corrected chi connectivity index (χ0v) is 16.0. The second-order valence-electron chi connectivity index (χ2n) is 7.42. The van der Waals surface area contributed by atoms with Gasteiger partial charge in [-0.2, -0.15) is 0 Å². The summed E-state index contributed by atoms with van der Waals surface area (Å²) in [6.07, 6.45) is 3.36. The van der Waals surface area contributed by atoms with Gasteiger partial charge in [-0.3, -0.25) is 9.59 Å². The van der Waals surface area contributed by atoms with E-state index >= 15 is 0 Å². The maximum atomic E-state index is 12.2. The normalized spacial score (nSPS) is 18.1. The van der Waals surface area contributed by atoms with Crippen molar-refractivity contribution >= 4 is 11.9 Å². The Balaban J connectivity index is 1.32. The van der Waals surface area contributed by atoms with E-state index in [1.165, 1.54) is 5.56 Å². The number of aliphatic carboxylic acids is 1. The molecule has 0 unspecified atom stereocenters. The van der Waals surface area contributed by atoms with Gasteiger partial charge in [0.05, 0.1) is 6.61 Å². The Morgan fingerprint density at radius 1 is 1.04 bits per heavy atom. The maximum Gasteiger partial charge on any atom is 0.303 e. The van der Waals surface area contributed by atoms with Crippen LogP contribution < -0.4 is 10.1 Å². The minimum atomic E-state index is -0.813. The topological polar surface area (TPSA) is 75.6 Å². The summed E-state index contributed by atoms with van der Waals surface area (Å²) >= 11 is 0. The highest BCUT2D eigenvalue weighted by Gasteiger charge is 2.31. The molecule has 1 fully saturated rings. The largest absolute Gasteiger partial charge is 0.494 e. The van der Waals surface area contributed by atoms with Gasteiger partial charge < -0.3 is 15.2 Å². The molecule has 5 nitrogen and oxygen atoms in total. The Labute approximate surface area is 165 Å². The van der Waals surface area contributed by atoms with E-state index in [0.29, 0.717) is 43.6 Å². The number of amides is 1. The molecule has 5 heteroatoms. The number of carboxylic acids is 1. The number of nitrogens with one attached hydrogen (secondary N) is 1.